The smallest absolute Gasteiger partial charge is 0.238 e. The number of fused-ring (bicyclic) bond motifs is 6. The molecule has 7 rings (SSSR count). The Morgan fingerprint density at radius 1 is 0.850 bits per heavy atom. The molecule has 0 aliphatic carbocycles. The van der Waals surface area contributed by atoms with Crippen LogP contribution in [0.3, 0.4) is 0 Å². The van der Waals surface area contributed by atoms with Crippen LogP contribution in [0, 0.1) is 18.7 Å². The third kappa shape index (κ3) is 3.29. The minimum atomic E-state index is -1.56. The molecule has 1 amide bonds. The van der Waals surface area contributed by atoms with Gasteiger partial charge < -0.3 is 10.2 Å². The molecule has 0 saturated carbocycles. The third-order valence-corrected chi connectivity index (χ3v) is 8.57. The van der Waals surface area contributed by atoms with E-state index in [1.54, 1.807) is 36.4 Å². The summed E-state index contributed by atoms with van der Waals surface area (Å²) in [5, 5.41) is 2.95. The average Bonchev–Trinajstić information content (AvgIpc) is 3.45. The molecule has 4 aromatic rings. The molecular formula is C34H25FN2O3. The Kier molecular flexibility index (Phi) is 5.36. The summed E-state index contributed by atoms with van der Waals surface area (Å²) < 4.78 is 14.9. The first-order valence-electron chi connectivity index (χ1n) is 13.3. The molecule has 1 fully saturated rings. The maximum Gasteiger partial charge on any atom is 0.238 e. The lowest BCUT2D eigenvalue weighted by Gasteiger charge is -2.38. The van der Waals surface area contributed by atoms with Crippen molar-refractivity contribution in [1.29, 1.82) is 0 Å². The Bertz CT molecular complexity index is 1730. The number of ketones is 2. The fourth-order valence-electron chi connectivity index (χ4n) is 6.85. The fourth-order valence-corrected chi connectivity index (χ4v) is 6.85. The van der Waals surface area contributed by atoms with E-state index in [9.17, 15) is 18.8 Å². The van der Waals surface area contributed by atoms with Crippen molar-refractivity contribution < 1.29 is 18.8 Å². The summed E-state index contributed by atoms with van der Waals surface area (Å²) in [6, 6.07) is 26.1. The van der Waals surface area contributed by atoms with E-state index in [0.29, 0.717) is 22.4 Å². The topological polar surface area (TPSA) is 66.5 Å². The van der Waals surface area contributed by atoms with Crippen molar-refractivity contribution in [3.63, 3.8) is 0 Å². The average molecular weight is 529 g/mol. The molecule has 0 unspecified atom stereocenters. The SMILES string of the molecule is Cc1ccc(C(=O)[C@@H]2[C@@H](C(=O)c3ccccc3)N3C=Cc4ccccc4[C@@H]3[C@@]23C(=O)Nc2ccc(F)cc23)cc1. The minimum absolute atomic E-state index is 0.269. The molecule has 0 radical (unpaired) electrons. The van der Waals surface area contributed by atoms with Gasteiger partial charge in [-0.15, -0.1) is 0 Å². The number of hydrogen-bond acceptors (Lipinski definition) is 4. The Morgan fingerprint density at radius 2 is 1.55 bits per heavy atom. The molecule has 3 aliphatic heterocycles. The van der Waals surface area contributed by atoms with Gasteiger partial charge in [0.05, 0.1) is 12.0 Å². The predicted molar refractivity (Wildman–Crippen MR) is 150 cm³/mol. The van der Waals surface area contributed by atoms with Gasteiger partial charge >= 0.3 is 0 Å². The van der Waals surface area contributed by atoms with Crippen molar-refractivity contribution in [3.05, 3.63) is 142 Å². The van der Waals surface area contributed by atoms with Crippen molar-refractivity contribution in [2.24, 2.45) is 5.92 Å². The number of rotatable bonds is 4. The second kappa shape index (κ2) is 8.85. The summed E-state index contributed by atoms with van der Waals surface area (Å²) in [5.41, 5.74) is 2.80. The van der Waals surface area contributed by atoms with Crippen LogP contribution in [0.15, 0.2) is 103 Å². The van der Waals surface area contributed by atoms with Crippen molar-refractivity contribution >= 4 is 29.2 Å². The van der Waals surface area contributed by atoms with Crippen molar-refractivity contribution in [2.45, 2.75) is 24.4 Å². The zero-order valence-electron chi connectivity index (χ0n) is 21.7. The molecule has 4 aromatic carbocycles. The molecular weight excluding hydrogens is 503 g/mol. The van der Waals surface area contributed by atoms with Gasteiger partial charge in [0.25, 0.3) is 0 Å². The van der Waals surface area contributed by atoms with Crippen LogP contribution < -0.4 is 5.32 Å². The second-order valence-electron chi connectivity index (χ2n) is 10.7. The van der Waals surface area contributed by atoms with Gasteiger partial charge in [-0.2, -0.15) is 0 Å². The Hall–Kier alpha value is -4.84. The zero-order valence-corrected chi connectivity index (χ0v) is 21.7. The normalized spacial score (nSPS) is 23.9. The lowest BCUT2D eigenvalue weighted by Crippen LogP contribution is -2.49. The Morgan fingerprint density at radius 3 is 2.33 bits per heavy atom. The number of carbonyl (C=O) groups is 3. The van der Waals surface area contributed by atoms with Crippen molar-refractivity contribution in [2.75, 3.05) is 5.32 Å². The summed E-state index contributed by atoms with van der Waals surface area (Å²) in [4.78, 5) is 45.3. The van der Waals surface area contributed by atoms with E-state index < -0.39 is 35.1 Å². The largest absolute Gasteiger partial charge is 0.358 e. The van der Waals surface area contributed by atoms with Crippen LogP contribution in [0.4, 0.5) is 10.1 Å². The molecule has 1 N–H and O–H groups in total. The van der Waals surface area contributed by atoms with Crippen LogP contribution in [0.1, 0.15) is 49.0 Å². The number of hydrogen-bond donors (Lipinski definition) is 1. The van der Waals surface area contributed by atoms with Crippen LogP contribution >= 0.6 is 0 Å². The molecule has 1 saturated heterocycles. The molecule has 1 spiro atoms. The summed E-state index contributed by atoms with van der Waals surface area (Å²) in [6.07, 6.45) is 3.72. The molecule has 6 heteroatoms. The lowest BCUT2D eigenvalue weighted by molar-refractivity contribution is -0.122. The van der Waals surface area contributed by atoms with Gasteiger partial charge in [0.15, 0.2) is 11.6 Å². The van der Waals surface area contributed by atoms with Gasteiger partial charge in [0.2, 0.25) is 5.91 Å². The van der Waals surface area contributed by atoms with Gasteiger partial charge in [0, 0.05) is 23.0 Å². The number of nitrogens with one attached hydrogen (secondary N) is 1. The number of halogens is 1. The van der Waals surface area contributed by atoms with Gasteiger partial charge in [-0.3, -0.25) is 14.4 Å². The lowest BCUT2D eigenvalue weighted by atomic mass is 9.62. The highest BCUT2D eigenvalue weighted by molar-refractivity contribution is 6.16. The second-order valence-corrected chi connectivity index (χ2v) is 10.7. The standard InChI is InChI=1S/C34H25FN2O3/c1-20-11-13-23(14-12-20)30(38)28-29(31(39)22-8-3-2-4-9-22)37-18-17-21-7-5-6-10-25(21)32(37)34(28)26-19-24(35)15-16-27(26)36-33(34)40/h2-19,28-29,32H,1H3,(H,36,40)/t28-,29-,32+,34-/m0/s1. The van der Waals surface area contributed by atoms with Crippen molar-refractivity contribution in [3.8, 4) is 0 Å². The molecule has 3 heterocycles. The monoisotopic (exact) mass is 528 g/mol. The van der Waals surface area contributed by atoms with Crippen LogP contribution in [0.2, 0.25) is 0 Å². The quantitative estimate of drug-likeness (QED) is 0.324. The first-order chi connectivity index (χ1) is 19.4. The number of amides is 1. The van der Waals surface area contributed by atoms with E-state index >= 15 is 0 Å². The maximum atomic E-state index is 14.9. The van der Waals surface area contributed by atoms with E-state index in [4.69, 9.17) is 0 Å². The number of anilines is 1. The third-order valence-electron chi connectivity index (χ3n) is 8.57. The summed E-state index contributed by atoms with van der Waals surface area (Å²) in [6.45, 7) is 1.93. The van der Waals surface area contributed by atoms with E-state index in [1.807, 2.05) is 66.6 Å². The van der Waals surface area contributed by atoms with Crippen molar-refractivity contribution in [1.82, 2.24) is 4.90 Å². The highest BCUT2D eigenvalue weighted by Crippen LogP contribution is 2.62. The van der Waals surface area contributed by atoms with Crippen LogP contribution in [0.25, 0.3) is 6.08 Å². The van der Waals surface area contributed by atoms with E-state index in [1.165, 1.54) is 18.2 Å². The molecule has 3 aliphatic rings. The van der Waals surface area contributed by atoms with E-state index in [-0.39, 0.29) is 11.6 Å². The Labute approximate surface area is 231 Å². The number of carbonyl (C=O) groups excluding carboxylic acids is 3. The molecule has 4 atom stereocenters. The molecule has 40 heavy (non-hydrogen) atoms. The van der Waals surface area contributed by atoms with Crippen LogP contribution in [-0.4, -0.2) is 28.4 Å². The molecule has 5 nitrogen and oxygen atoms in total. The summed E-state index contributed by atoms with van der Waals surface area (Å²) in [5.74, 6) is -2.66. The Balaban J connectivity index is 1.55. The van der Waals surface area contributed by atoms with Gasteiger partial charge in [-0.1, -0.05) is 84.4 Å². The number of nitrogens with zero attached hydrogens (tertiary/aromatic N) is 1. The molecule has 0 aromatic heterocycles. The number of aryl methyl sites for hydroxylation is 1. The van der Waals surface area contributed by atoms with E-state index in [2.05, 4.69) is 5.32 Å². The van der Waals surface area contributed by atoms with Gasteiger partial charge in [0.1, 0.15) is 17.3 Å². The zero-order chi connectivity index (χ0) is 27.6. The van der Waals surface area contributed by atoms with E-state index in [0.717, 1.165) is 16.7 Å². The first kappa shape index (κ1) is 24.2. The maximum absolute atomic E-state index is 14.9. The predicted octanol–water partition coefficient (Wildman–Crippen LogP) is 6.12. The summed E-state index contributed by atoms with van der Waals surface area (Å²) in [7, 11) is 0. The minimum Gasteiger partial charge on any atom is -0.358 e. The molecule has 0 bridgehead atoms. The molecule has 196 valence electrons. The van der Waals surface area contributed by atoms with Crippen LogP contribution in [0.5, 0.6) is 0 Å². The highest BCUT2D eigenvalue weighted by atomic mass is 19.1. The highest BCUT2D eigenvalue weighted by Gasteiger charge is 2.70. The van der Waals surface area contributed by atoms with Gasteiger partial charge in [-0.25, -0.2) is 4.39 Å². The number of benzene rings is 4. The summed E-state index contributed by atoms with van der Waals surface area (Å²) >= 11 is 0. The fraction of sp³-hybridized carbons (Fsp3) is 0.147. The van der Waals surface area contributed by atoms with Crippen LogP contribution in [-0.2, 0) is 10.2 Å². The first-order valence-corrected chi connectivity index (χ1v) is 13.3. The van der Waals surface area contributed by atoms with Gasteiger partial charge in [-0.05, 0) is 47.9 Å². The number of Topliss-reactive ketones (excluding diaryl/α,β-unsaturated/α-hetero) is 2.